The zero-order valence-corrected chi connectivity index (χ0v) is 20.6. The molecule has 2 heterocycles. The molecule has 0 radical (unpaired) electrons. The Morgan fingerprint density at radius 3 is 2.11 bits per heavy atom. The molecule has 0 aliphatic rings. The summed E-state index contributed by atoms with van der Waals surface area (Å²) in [5.74, 6) is 0.636. The molecule has 3 aromatic carbocycles. The molecule has 36 heavy (non-hydrogen) atoms. The van der Waals surface area contributed by atoms with Crippen LogP contribution in [0.25, 0.3) is 11.2 Å². The van der Waals surface area contributed by atoms with E-state index in [2.05, 4.69) is 94.4 Å². The number of imidazole rings is 1. The van der Waals surface area contributed by atoms with E-state index in [1.165, 1.54) is 16.7 Å². The largest absolute Gasteiger partial charge is 0.308 e. The van der Waals surface area contributed by atoms with Gasteiger partial charge in [0, 0.05) is 0 Å². The minimum atomic E-state index is -0.0455. The molecular formula is C30H30N5O+. The molecule has 0 amide bonds. The second kappa shape index (κ2) is 11.0. The van der Waals surface area contributed by atoms with E-state index in [0.29, 0.717) is 19.0 Å². The predicted octanol–water partition coefficient (Wildman–Crippen LogP) is 5.87. The van der Waals surface area contributed by atoms with Crippen LogP contribution < -0.4 is 10.0 Å². The van der Waals surface area contributed by atoms with Gasteiger partial charge < -0.3 is 0 Å². The minimum Gasteiger partial charge on any atom is -0.270 e. The van der Waals surface area contributed by atoms with Crippen molar-refractivity contribution in [3.05, 3.63) is 132 Å². The molecule has 0 bridgehead atoms. The lowest BCUT2D eigenvalue weighted by molar-refractivity contribution is -0.682. The zero-order chi connectivity index (χ0) is 24.7. The van der Waals surface area contributed by atoms with Gasteiger partial charge >= 0.3 is 5.65 Å². The summed E-state index contributed by atoms with van der Waals surface area (Å²) < 4.78 is 4.40. The van der Waals surface area contributed by atoms with E-state index in [4.69, 9.17) is 9.82 Å². The molecule has 2 aromatic heterocycles. The molecule has 0 spiro atoms. The van der Waals surface area contributed by atoms with Gasteiger partial charge in [-0.1, -0.05) is 108 Å². The molecule has 5 rings (SSSR count). The summed E-state index contributed by atoms with van der Waals surface area (Å²) in [6.45, 7) is 5.34. The third-order valence-corrected chi connectivity index (χ3v) is 6.05. The zero-order valence-electron chi connectivity index (χ0n) is 20.6. The van der Waals surface area contributed by atoms with Crippen molar-refractivity contribution in [1.82, 2.24) is 14.5 Å². The average molecular weight is 477 g/mol. The molecule has 0 atom stereocenters. The number of rotatable bonds is 9. The molecule has 0 aliphatic carbocycles. The van der Waals surface area contributed by atoms with Gasteiger partial charge in [-0.05, 0) is 30.5 Å². The third kappa shape index (κ3) is 5.19. The van der Waals surface area contributed by atoms with Crippen molar-refractivity contribution in [2.24, 2.45) is 0 Å². The quantitative estimate of drug-likeness (QED) is 0.164. The van der Waals surface area contributed by atoms with E-state index in [0.717, 1.165) is 16.7 Å². The van der Waals surface area contributed by atoms with Gasteiger partial charge in [-0.25, -0.2) is 10.0 Å². The number of fused-ring (bicyclic) bond motifs is 1. The summed E-state index contributed by atoms with van der Waals surface area (Å²) >= 11 is 0. The Morgan fingerprint density at radius 2 is 1.50 bits per heavy atom. The van der Waals surface area contributed by atoms with E-state index in [-0.39, 0.29) is 6.04 Å². The Hall–Kier alpha value is -4.29. The molecule has 0 fully saturated rings. The maximum absolute atomic E-state index is 5.86. The van der Waals surface area contributed by atoms with Crippen LogP contribution in [0.2, 0.25) is 0 Å². The molecule has 5 aromatic rings. The van der Waals surface area contributed by atoms with E-state index >= 15 is 0 Å². The number of hydrogen-bond donors (Lipinski definition) is 1. The summed E-state index contributed by atoms with van der Waals surface area (Å²) in [5.41, 5.74) is 9.51. The highest BCUT2D eigenvalue weighted by Crippen LogP contribution is 2.26. The highest BCUT2D eigenvalue weighted by molar-refractivity contribution is 5.80. The van der Waals surface area contributed by atoms with E-state index in [1.54, 1.807) is 6.33 Å². The van der Waals surface area contributed by atoms with E-state index in [9.17, 15) is 0 Å². The van der Waals surface area contributed by atoms with Crippen molar-refractivity contribution < 1.29 is 9.40 Å². The Morgan fingerprint density at radius 1 is 0.889 bits per heavy atom. The van der Waals surface area contributed by atoms with Crippen molar-refractivity contribution in [3.63, 3.8) is 0 Å². The van der Waals surface area contributed by atoms with Crippen LogP contribution in [0.4, 0.5) is 5.82 Å². The fourth-order valence-electron chi connectivity index (χ4n) is 4.31. The van der Waals surface area contributed by atoms with Crippen molar-refractivity contribution >= 4 is 17.0 Å². The van der Waals surface area contributed by atoms with Crippen LogP contribution in [-0.2, 0) is 18.0 Å². The van der Waals surface area contributed by atoms with Gasteiger partial charge in [-0.3, -0.25) is 9.40 Å². The number of aromatic nitrogens is 4. The second-order valence-electron chi connectivity index (χ2n) is 8.95. The first-order valence-electron chi connectivity index (χ1n) is 12.1. The van der Waals surface area contributed by atoms with Gasteiger partial charge in [-0.15, -0.1) is 0 Å². The van der Waals surface area contributed by atoms with Gasteiger partial charge in [-0.2, -0.15) is 4.98 Å². The van der Waals surface area contributed by atoms with Crippen LogP contribution >= 0.6 is 0 Å². The maximum Gasteiger partial charge on any atom is 0.308 e. The van der Waals surface area contributed by atoms with Crippen molar-refractivity contribution in [1.29, 1.82) is 0 Å². The molecular weight excluding hydrogens is 446 g/mol. The number of nitrogens with zero attached hydrogens (tertiary/aromatic N) is 4. The Balaban J connectivity index is 1.60. The molecule has 0 saturated carbocycles. The van der Waals surface area contributed by atoms with Gasteiger partial charge in [0.05, 0.1) is 13.2 Å². The molecule has 6 heteroatoms. The first-order valence-corrected chi connectivity index (χ1v) is 12.1. The lowest BCUT2D eigenvalue weighted by Crippen LogP contribution is -2.40. The van der Waals surface area contributed by atoms with Crippen molar-refractivity contribution in [3.8, 4) is 0 Å². The normalized spacial score (nSPS) is 11.1. The molecule has 0 aliphatic heterocycles. The Labute approximate surface area is 211 Å². The SMILES string of the molecule is CC(C)=CCn1c[n+](C(c2ccccc2)c2ccccc2)c2ncnc(NOCc3ccccc3)c21. The van der Waals surface area contributed by atoms with Gasteiger partial charge in [0.25, 0.3) is 0 Å². The van der Waals surface area contributed by atoms with Crippen LogP contribution in [0, 0.1) is 0 Å². The first kappa shape index (κ1) is 23.5. The van der Waals surface area contributed by atoms with Crippen LogP contribution in [0.1, 0.15) is 36.6 Å². The minimum absolute atomic E-state index is 0.0455. The molecule has 0 unspecified atom stereocenters. The van der Waals surface area contributed by atoms with Gasteiger partial charge in [0.15, 0.2) is 18.5 Å². The average Bonchev–Trinajstić information content (AvgIpc) is 3.28. The summed E-state index contributed by atoms with van der Waals surface area (Å²) in [5, 5.41) is 0. The number of benzene rings is 3. The molecule has 0 saturated heterocycles. The fourth-order valence-corrected chi connectivity index (χ4v) is 4.31. The first-order chi connectivity index (χ1) is 17.7. The second-order valence-corrected chi connectivity index (χ2v) is 8.95. The van der Waals surface area contributed by atoms with Crippen LogP contribution in [0.15, 0.2) is 115 Å². The Kier molecular flexibility index (Phi) is 7.15. The molecule has 1 N–H and O–H groups in total. The molecule has 6 nitrogen and oxygen atoms in total. The van der Waals surface area contributed by atoms with E-state index < -0.39 is 0 Å². The summed E-state index contributed by atoms with van der Waals surface area (Å²) in [6.07, 6.45) is 5.92. The smallest absolute Gasteiger partial charge is 0.270 e. The maximum atomic E-state index is 5.86. The lowest BCUT2D eigenvalue weighted by atomic mass is 9.98. The number of nitrogens with one attached hydrogen (secondary N) is 1. The Bertz CT molecular complexity index is 1400. The van der Waals surface area contributed by atoms with Crippen molar-refractivity contribution in [2.75, 3.05) is 5.48 Å². The standard InChI is InChI=1S/C30H30N5O/c1-23(2)18-19-34-22-35(27(25-14-8-4-9-15-25)26-16-10-5-11-17-26)30-28(34)29(31-21-32-30)33-36-20-24-12-6-3-7-13-24/h3-18,21-22,27H,19-20H2,1-2H3,(H,31,32,33)/q+1. The highest BCUT2D eigenvalue weighted by atomic mass is 16.6. The monoisotopic (exact) mass is 476 g/mol. The lowest BCUT2D eigenvalue weighted by Gasteiger charge is -2.16. The number of anilines is 1. The number of hydrogen-bond acceptors (Lipinski definition) is 4. The van der Waals surface area contributed by atoms with Crippen LogP contribution in [0.5, 0.6) is 0 Å². The fraction of sp³-hybridized carbons (Fsp3) is 0.167. The van der Waals surface area contributed by atoms with Crippen molar-refractivity contribution in [2.45, 2.75) is 33.0 Å². The highest BCUT2D eigenvalue weighted by Gasteiger charge is 2.28. The molecule has 180 valence electrons. The summed E-state index contributed by atoms with van der Waals surface area (Å²) in [4.78, 5) is 15.1. The van der Waals surface area contributed by atoms with Gasteiger partial charge in [0.1, 0.15) is 6.04 Å². The topological polar surface area (TPSA) is 55.9 Å². The summed E-state index contributed by atoms with van der Waals surface area (Å²) in [6, 6.07) is 31.1. The van der Waals surface area contributed by atoms with E-state index in [1.807, 2.05) is 42.5 Å². The van der Waals surface area contributed by atoms with Crippen LogP contribution in [0.3, 0.4) is 0 Å². The third-order valence-electron chi connectivity index (χ3n) is 6.05. The predicted molar refractivity (Wildman–Crippen MR) is 142 cm³/mol. The number of allylic oxidation sites excluding steroid dienone is 2. The van der Waals surface area contributed by atoms with Gasteiger partial charge in [0.2, 0.25) is 5.52 Å². The van der Waals surface area contributed by atoms with Crippen LogP contribution in [-0.4, -0.2) is 14.5 Å². The summed E-state index contributed by atoms with van der Waals surface area (Å²) in [7, 11) is 0.